The molecule has 0 bridgehead atoms. The third-order valence-electron chi connectivity index (χ3n) is 3.69. The highest BCUT2D eigenvalue weighted by molar-refractivity contribution is 6.06. The van der Waals surface area contributed by atoms with Gasteiger partial charge in [-0.3, -0.25) is 9.59 Å². The Balaban J connectivity index is 2.27. The maximum absolute atomic E-state index is 12.8. The zero-order valence-corrected chi connectivity index (χ0v) is 14.4. The molecule has 0 unspecified atom stereocenters. The fraction of sp³-hybridized carbons (Fsp3) is 0.250. The van der Waals surface area contributed by atoms with Crippen molar-refractivity contribution in [2.45, 2.75) is 20.3 Å². The smallest absolute Gasteiger partial charge is 0.258 e. The van der Waals surface area contributed by atoms with Gasteiger partial charge in [-0.1, -0.05) is 12.1 Å². The van der Waals surface area contributed by atoms with Gasteiger partial charge in [0, 0.05) is 23.4 Å². The second-order valence-corrected chi connectivity index (χ2v) is 5.43. The van der Waals surface area contributed by atoms with Gasteiger partial charge in [-0.05, 0) is 50.2 Å². The van der Waals surface area contributed by atoms with Gasteiger partial charge < -0.3 is 9.64 Å². The first-order valence-electron chi connectivity index (χ1n) is 8.09. The number of hydrogen-bond acceptors (Lipinski definition) is 4. The van der Waals surface area contributed by atoms with Crippen LogP contribution in [0.5, 0.6) is 5.75 Å². The minimum absolute atomic E-state index is 0.0492. The minimum atomic E-state index is -0.213. The highest BCUT2D eigenvalue weighted by Gasteiger charge is 2.18. The normalized spacial score (nSPS) is 9.96. The second kappa shape index (κ2) is 8.65. The summed E-state index contributed by atoms with van der Waals surface area (Å²) in [6, 6.07) is 15.8. The van der Waals surface area contributed by atoms with Crippen molar-refractivity contribution in [3.63, 3.8) is 0 Å². The summed E-state index contributed by atoms with van der Waals surface area (Å²) in [6.07, 6.45) is 0.227. The number of amides is 1. The lowest BCUT2D eigenvalue weighted by molar-refractivity contribution is 0.0983. The maximum atomic E-state index is 12.8. The number of benzene rings is 2. The highest BCUT2D eigenvalue weighted by Crippen LogP contribution is 2.22. The first-order chi connectivity index (χ1) is 12.1. The Morgan fingerprint density at radius 2 is 1.64 bits per heavy atom. The molecule has 1 amide bonds. The highest BCUT2D eigenvalue weighted by atomic mass is 16.5. The molecule has 2 aromatic carbocycles. The van der Waals surface area contributed by atoms with E-state index >= 15 is 0 Å². The van der Waals surface area contributed by atoms with E-state index in [-0.39, 0.29) is 24.7 Å². The zero-order valence-electron chi connectivity index (χ0n) is 14.4. The van der Waals surface area contributed by atoms with E-state index in [9.17, 15) is 9.59 Å². The van der Waals surface area contributed by atoms with Crippen molar-refractivity contribution in [2.24, 2.45) is 0 Å². The molecule has 0 spiro atoms. The predicted molar refractivity (Wildman–Crippen MR) is 96.0 cm³/mol. The fourth-order valence-electron chi connectivity index (χ4n) is 2.40. The van der Waals surface area contributed by atoms with E-state index in [0.29, 0.717) is 23.4 Å². The van der Waals surface area contributed by atoms with Gasteiger partial charge >= 0.3 is 0 Å². The summed E-state index contributed by atoms with van der Waals surface area (Å²) in [6.45, 7) is 4.24. The molecule has 0 N–H and O–H groups in total. The van der Waals surface area contributed by atoms with E-state index in [1.165, 1.54) is 6.92 Å². The van der Waals surface area contributed by atoms with Crippen LogP contribution in [-0.2, 0) is 0 Å². The van der Waals surface area contributed by atoms with E-state index in [4.69, 9.17) is 10.00 Å². The number of carbonyl (C=O) groups is 2. The van der Waals surface area contributed by atoms with E-state index < -0.39 is 0 Å². The van der Waals surface area contributed by atoms with Crippen molar-refractivity contribution in [1.82, 2.24) is 0 Å². The molecule has 0 heterocycles. The van der Waals surface area contributed by atoms with Gasteiger partial charge in [0.2, 0.25) is 0 Å². The number of rotatable bonds is 7. The Kier molecular flexibility index (Phi) is 6.30. The predicted octanol–water partition coefficient (Wildman–Crippen LogP) is 3.85. The van der Waals surface area contributed by atoms with E-state index in [1.54, 1.807) is 53.4 Å². The molecule has 0 aliphatic rings. The molecule has 25 heavy (non-hydrogen) atoms. The number of anilines is 1. The first kappa shape index (κ1) is 18.2. The van der Waals surface area contributed by atoms with Gasteiger partial charge in [0.25, 0.3) is 5.91 Å². The monoisotopic (exact) mass is 336 g/mol. The number of nitrogens with zero attached hydrogens (tertiary/aromatic N) is 2. The van der Waals surface area contributed by atoms with Crippen LogP contribution in [0.4, 0.5) is 5.69 Å². The second-order valence-electron chi connectivity index (χ2n) is 5.43. The molecule has 0 radical (unpaired) electrons. The maximum Gasteiger partial charge on any atom is 0.258 e. The molecule has 128 valence electrons. The molecule has 0 fully saturated rings. The molecule has 0 aliphatic heterocycles. The molecule has 2 aromatic rings. The first-order valence-corrected chi connectivity index (χ1v) is 8.09. The number of ketones is 1. The zero-order chi connectivity index (χ0) is 18.2. The van der Waals surface area contributed by atoms with Crippen molar-refractivity contribution in [3.05, 3.63) is 59.7 Å². The standard InChI is InChI=1S/C20H20N2O3/c1-3-25-19-11-9-18(10-12-19)22(14-4-13-21)20(24)17-7-5-16(6-8-17)15(2)23/h5-12H,3-4,14H2,1-2H3. The summed E-state index contributed by atoms with van der Waals surface area (Å²) in [5.41, 5.74) is 1.72. The van der Waals surface area contributed by atoms with Crippen molar-refractivity contribution >= 4 is 17.4 Å². The lowest BCUT2D eigenvalue weighted by Gasteiger charge is -2.22. The van der Waals surface area contributed by atoms with Gasteiger partial charge in [-0.25, -0.2) is 0 Å². The average Bonchev–Trinajstić information content (AvgIpc) is 2.63. The Hall–Kier alpha value is -3.13. The molecule has 0 aliphatic carbocycles. The molecule has 0 saturated carbocycles. The molecular formula is C20H20N2O3. The van der Waals surface area contributed by atoms with Crippen LogP contribution in [0.15, 0.2) is 48.5 Å². The van der Waals surface area contributed by atoms with Gasteiger partial charge in [0.05, 0.1) is 19.1 Å². The third kappa shape index (κ3) is 4.67. The molecular weight excluding hydrogens is 316 g/mol. The summed E-state index contributed by atoms with van der Waals surface area (Å²) in [5, 5.41) is 8.88. The van der Waals surface area contributed by atoms with Gasteiger partial charge in [0.1, 0.15) is 5.75 Å². The SMILES string of the molecule is CCOc1ccc(N(CCC#N)C(=O)c2ccc(C(C)=O)cc2)cc1. The summed E-state index contributed by atoms with van der Waals surface area (Å²) < 4.78 is 5.41. The van der Waals surface area contributed by atoms with Crippen LogP contribution in [0.2, 0.25) is 0 Å². The molecule has 5 nitrogen and oxygen atoms in total. The van der Waals surface area contributed by atoms with Crippen LogP contribution in [0.3, 0.4) is 0 Å². The lowest BCUT2D eigenvalue weighted by Crippen LogP contribution is -2.31. The number of carbonyl (C=O) groups excluding carboxylic acids is 2. The van der Waals surface area contributed by atoms with Crippen LogP contribution in [0.25, 0.3) is 0 Å². The summed E-state index contributed by atoms with van der Waals surface area (Å²) in [5.74, 6) is 0.464. The number of hydrogen-bond donors (Lipinski definition) is 0. The van der Waals surface area contributed by atoms with Gasteiger partial charge in [-0.2, -0.15) is 5.26 Å². The van der Waals surface area contributed by atoms with E-state index in [0.717, 1.165) is 5.75 Å². The minimum Gasteiger partial charge on any atom is -0.494 e. The largest absolute Gasteiger partial charge is 0.494 e. The Morgan fingerprint density at radius 1 is 1.04 bits per heavy atom. The van der Waals surface area contributed by atoms with Crippen LogP contribution in [0.1, 0.15) is 41.0 Å². The Morgan fingerprint density at radius 3 is 2.16 bits per heavy atom. The van der Waals surface area contributed by atoms with Crippen molar-refractivity contribution in [3.8, 4) is 11.8 Å². The molecule has 0 saturated heterocycles. The van der Waals surface area contributed by atoms with Crippen molar-refractivity contribution in [1.29, 1.82) is 5.26 Å². The Labute approximate surface area is 147 Å². The summed E-state index contributed by atoms with van der Waals surface area (Å²) in [4.78, 5) is 25.8. The number of Topliss-reactive ketones (excluding diaryl/α,β-unsaturated/α-hetero) is 1. The number of ether oxygens (including phenoxy) is 1. The third-order valence-corrected chi connectivity index (χ3v) is 3.69. The number of nitriles is 1. The summed E-state index contributed by atoms with van der Waals surface area (Å²) >= 11 is 0. The molecule has 0 aromatic heterocycles. The van der Waals surface area contributed by atoms with Gasteiger partial charge in [-0.15, -0.1) is 0 Å². The lowest BCUT2D eigenvalue weighted by atomic mass is 10.1. The molecule has 0 atom stereocenters. The average molecular weight is 336 g/mol. The van der Waals surface area contributed by atoms with Crippen LogP contribution < -0.4 is 9.64 Å². The van der Waals surface area contributed by atoms with E-state index in [1.807, 2.05) is 6.92 Å². The van der Waals surface area contributed by atoms with Crippen molar-refractivity contribution < 1.29 is 14.3 Å². The fourth-order valence-corrected chi connectivity index (χ4v) is 2.40. The quantitative estimate of drug-likeness (QED) is 0.720. The molecule has 5 heteroatoms. The van der Waals surface area contributed by atoms with E-state index in [2.05, 4.69) is 6.07 Å². The van der Waals surface area contributed by atoms with Crippen LogP contribution in [0, 0.1) is 11.3 Å². The van der Waals surface area contributed by atoms with Crippen molar-refractivity contribution in [2.75, 3.05) is 18.1 Å². The molecule has 2 rings (SSSR count). The van der Waals surface area contributed by atoms with Crippen LogP contribution in [-0.4, -0.2) is 24.8 Å². The van der Waals surface area contributed by atoms with Gasteiger partial charge in [0.15, 0.2) is 5.78 Å². The van der Waals surface area contributed by atoms with Crippen LogP contribution >= 0.6 is 0 Å². The Bertz CT molecular complexity index is 774. The summed E-state index contributed by atoms with van der Waals surface area (Å²) in [7, 11) is 0. The topological polar surface area (TPSA) is 70.4 Å².